The van der Waals surface area contributed by atoms with E-state index in [1.54, 1.807) is 0 Å². The molecule has 1 aromatic rings. The Kier molecular flexibility index (Phi) is 8.18. The molecule has 1 aliphatic carbocycles. The molecule has 32 heavy (non-hydrogen) atoms. The Balaban J connectivity index is 1.63. The fourth-order valence-electron chi connectivity index (χ4n) is 4.75. The number of nitrogens with one attached hydrogen (secondary N) is 1. The maximum absolute atomic E-state index is 14.1. The monoisotopic (exact) mass is 478 g/mol. The van der Waals surface area contributed by atoms with Gasteiger partial charge in [0.2, 0.25) is 15.9 Å². The van der Waals surface area contributed by atoms with E-state index >= 15 is 0 Å². The topological polar surface area (TPSA) is 95.9 Å². The number of ether oxygens (including phenoxy) is 1. The number of hydrogen-bond donors (Lipinski definition) is 2. The molecule has 180 valence electrons. The first kappa shape index (κ1) is 24.9. The van der Waals surface area contributed by atoms with E-state index < -0.39 is 58.0 Å². The molecule has 1 amide bonds. The van der Waals surface area contributed by atoms with Crippen molar-refractivity contribution in [2.45, 2.75) is 62.6 Å². The zero-order valence-electron chi connectivity index (χ0n) is 17.9. The van der Waals surface area contributed by atoms with E-state index in [2.05, 4.69) is 4.72 Å². The molecular weight excluding hydrogens is 449 g/mol. The molecule has 1 aliphatic heterocycles. The first-order chi connectivity index (χ1) is 15.1. The number of aliphatic hydroxyl groups excluding tert-OH is 1. The molecule has 2 aliphatic rings. The molecule has 2 N–H and O–H groups in total. The lowest BCUT2D eigenvalue weighted by molar-refractivity contribution is -0.141. The highest BCUT2D eigenvalue weighted by molar-refractivity contribution is 7.88. The summed E-state index contributed by atoms with van der Waals surface area (Å²) in [5.74, 6) is -3.94. The second-order valence-corrected chi connectivity index (χ2v) is 10.3. The minimum atomic E-state index is -3.51. The molecule has 0 aromatic heterocycles. The largest absolute Gasteiger partial charge is 0.387 e. The third-order valence-electron chi connectivity index (χ3n) is 6.26. The highest BCUT2D eigenvalue weighted by atomic mass is 32.2. The smallest absolute Gasteiger partial charge is 0.248 e. The van der Waals surface area contributed by atoms with Gasteiger partial charge in [-0.05, 0) is 56.6 Å². The van der Waals surface area contributed by atoms with E-state index in [9.17, 15) is 31.5 Å². The quantitative estimate of drug-likeness (QED) is 0.585. The van der Waals surface area contributed by atoms with Crippen LogP contribution in [-0.4, -0.2) is 68.5 Å². The summed E-state index contributed by atoms with van der Waals surface area (Å²) in [4.78, 5) is 13.6. The number of benzene rings is 1. The van der Waals surface area contributed by atoms with Crippen LogP contribution in [0.2, 0.25) is 0 Å². The number of carbonyl (C=O) groups excluding carboxylic acids is 1. The first-order valence-electron chi connectivity index (χ1n) is 10.7. The van der Waals surface area contributed by atoms with Crippen molar-refractivity contribution in [2.24, 2.45) is 0 Å². The van der Waals surface area contributed by atoms with Crippen LogP contribution < -0.4 is 4.72 Å². The van der Waals surface area contributed by atoms with Crippen molar-refractivity contribution >= 4 is 15.9 Å². The van der Waals surface area contributed by atoms with Gasteiger partial charge in [0, 0.05) is 18.2 Å². The van der Waals surface area contributed by atoms with Crippen LogP contribution in [0.15, 0.2) is 12.1 Å². The molecule has 0 unspecified atom stereocenters. The van der Waals surface area contributed by atoms with Crippen molar-refractivity contribution in [2.75, 3.05) is 26.0 Å². The van der Waals surface area contributed by atoms with Crippen molar-refractivity contribution in [1.29, 1.82) is 0 Å². The lowest BCUT2D eigenvalue weighted by atomic mass is 9.82. The molecule has 1 heterocycles. The minimum Gasteiger partial charge on any atom is -0.387 e. The Morgan fingerprint density at radius 1 is 1.16 bits per heavy atom. The predicted molar refractivity (Wildman–Crippen MR) is 111 cm³/mol. The number of rotatable bonds is 7. The zero-order valence-corrected chi connectivity index (χ0v) is 18.7. The maximum atomic E-state index is 14.1. The van der Waals surface area contributed by atoms with E-state index in [4.69, 9.17) is 4.74 Å². The van der Waals surface area contributed by atoms with Gasteiger partial charge in [-0.3, -0.25) is 4.79 Å². The summed E-state index contributed by atoms with van der Waals surface area (Å²) in [5, 5.41) is 9.28. The van der Waals surface area contributed by atoms with Crippen molar-refractivity contribution in [3.05, 3.63) is 35.1 Å². The van der Waals surface area contributed by atoms with Crippen molar-refractivity contribution in [1.82, 2.24) is 9.62 Å². The summed E-state index contributed by atoms with van der Waals surface area (Å²) in [6, 6.07) is 0.587. The van der Waals surface area contributed by atoms with Gasteiger partial charge in [0.05, 0.1) is 25.0 Å². The van der Waals surface area contributed by atoms with Gasteiger partial charge in [0.15, 0.2) is 11.6 Å². The fraction of sp³-hybridized carbons (Fsp3) is 0.667. The minimum absolute atomic E-state index is 0.0664. The molecule has 1 aromatic carbocycles. The second-order valence-electron chi connectivity index (χ2n) is 8.52. The second kappa shape index (κ2) is 10.5. The Bertz CT molecular complexity index is 922. The summed E-state index contributed by atoms with van der Waals surface area (Å²) in [6.07, 6.45) is 3.73. The third kappa shape index (κ3) is 6.00. The van der Waals surface area contributed by atoms with E-state index in [1.165, 1.54) is 4.90 Å². The van der Waals surface area contributed by atoms with Crippen molar-refractivity contribution in [3.8, 4) is 0 Å². The zero-order chi connectivity index (χ0) is 23.5. The standard InChI is InChI=1S/C21H29F3N2O5S/c1-32(29,30)25-17-3-2-10-26(19(28)11-27)18(17)12-31-14-6-4-13(5-7-14)20-15(22)8-9-16(23)21(20)24/h8-9,13-14,17-18,25,27H,2-7,10-12H2,1H3/t13?,14?,17-,18-/m0/s1. The molecule has 7 nitrogen and oxygen atoms in total. The van der Waals surface area contributed by atoms with Crippen molar-refractivity contribution in [3.63, 3.8) is 0 Å². The molecule has 0 bridgehead atoms. The van der Waals surface area contributed by atoms with Crippen LogP contribution in [0.3, 0.4) is 0 Å². The van der Waals surface area contributed by atoms with Crippen LogP contribution in [0, 0.1) is 17.5 Å². The number of hydrogen-bond acceptors (Lipinski definition) is 5. The van der Waals surface area contributed by atoms with Gasteiger partial charge in [0.1, 0.15) is 12.4 Å². The first-order valence-corrected chi connectivity index (χ1v) is 12.6. The van der Waals surface area contributed by atoms with Gasteiger partial charge in [-0.25, -0.2) is 26.3 Å². The number of piperidine rings is 1. The number of carbonyl (C=O) groups is 1. The van der Waals surface area contributed by atoms with Gasteiger partial charge in [-0.1, -0.05) is 0 Å². The average molecular weight is 479 g/mol. The Morgan fingerprint density at radius 2 is 1.81 bits per heavy atom. The Hall–Kier alpha value is -1.69. The number of halogens is 3. The summed E-state index contributed by atoms with van der Waals surface area (Å²) in [6.45, 7) is -0.227. The molecule has 0 spiro atoms. The van der Waals surface area contributed by atoms with E-state index in [-0.39, 0.29) is 18.3 Å². The number of amides is 1. The number of likely N-dealkylation sites (tertiary alicyclic amines) is 1. The third-order valence-corrected chi connectivity index (χ3v) is 7.00. The van der Waals surface area contributed by atoms with Gasteiger partial charge < -0.3 is 14.7 Å². The van der Waals surface area contributed by atoms with Gasteiger partial charge in [-0.15, -0.1) is 0 Å². The lowest BCUT2D eigenvalue weighted by Crippen LogP contribution is -2.59. The molecule has 1 saturated heterocycles. The molecule has 3 rings (SSSR count). The number of aliphatic hydroxyl groups is 1. The highest BCUT2D eigenvalue weighted by Gasteiger charge is 2.37. The Morgan fingerprint density at radius 3 is 2.44 bits per heavy atom. The van der Waals surface area contributed by atoms with Crippen molar-refractivity contribution < 1.29 is 36.2 Å². The van der Waals surface area contributed by atoms with Crippen LogP contribution in [0.1, 0.15) is 50.0 Å². The van der Waals surface area contributed by atoms with E-state index in [0.29, 0.717) is 45.1 Å². The molecule has 2 fully saturated rings. The molecule has 1 saturated carbocycles. The number of sulfonamides is 1. The summed E-state index contributed by atoms with van der Waals surface area (Å²) < 4.78 is 73.8. The lowest BCUT2D eigenvalue weighted by Gasteiger charge is -2.42. The van der Waals surface area contributed by atoms with Gasteiger partial charge in [0.25, 0.3) is 0 Å². The fourth-order valence-corrected chi connectivity index (χ4v) is 5.57. The van der Waals surface area contributed by atoms with Crippen LogP contribution in [0.5, 0.6) is 0 Å². The van der Waals surface area contributed by atoms with Gasteiger partial charge >= 0.3 is 0 Å². The van der Waals surface area contributed by atoms with Crippen LogP contribution in [0.4, 0.5) is 13.2 Å². The molecule has 2 atom stereocenters. The SMILES string of the molecule is CS(=O)(=O)N[C@H]1CCCN(C(=O)CO)[C@H]1COC1CCC(c2c(F)ccc(F)c2F)CC1. The van der Waals surface area contributed by atoms with Gasteiger partial charge in [-0.2, -0.15) is 0 Å². The predicted octanol–water partition coefficient (Wildman–Crippen LogP) is 2.05. The van der Waals surface area contributed by atoms with E-state index in [1.807, 2.05) is 0 Å². The summed E-state index contributed by atoms with van der Waals surface area (Å²) in [5.41, 5.74) is -0.229. The molecule has 11 heteroatoms. The maximum Gasteiger partial charge on any atom is 0.248 e. The summed E-state index contributed by atoms with van der Waals surface area (Å²) in [7, 11) is -3.51. The average Bonchev–Trinajstić information content (AvgIpc) is 2.75. The van der Waals surface area contributed by atoms with Crippen LogP contribution in [0.25, 0.3) is 0 Å². The van der Waals surface area contributed by atoms with E-state index in [0.717, 1.165) is 18.4 Å². The normalized spacial score (nSPS) is 26.8. The molecule has 0 radical (unpaired) electrons. The molecular formula is C21H29F3N2O5S. The highest BCUT2D eigenvalue weighted by Crippen LogP contribution is 2.37. The van der Waals surface area contributed by atoms with Crippen LogP contribution >= 0.6 is 0 Å². The number of nitrogens with zero attached hydrogens (tertiary/aromatic N) is 1. The summed E-state index contributed by atoms with van der Waals surface area (Å²) >= 11 is 0. The Labute approximate surface area is 186 Å². The van der Waals surface area contributed by atoms with Crippen LogP contribution in [-0.2, 0) is 19.6 Å².